The van der Waals surface area contributed by atoms with Gasteiger partial charge in [-0.3, -0.25) is 0 Å². The smallest absolute Gasteiger partial charge is 0.141 e. The molecule has 0 bridgehead atoms. The third-order valence-corrected chi connectivity index (χ3v) is 4.18. The van der Waals surface area contributed by atoms with Crippen LogP contribution in [0.15, 0.2) is 41.0 Å². The molecule has 3 nitrogen and oxygen atoms in total. The van der Waals surface area contributed by atoms with E-state index in [1.807, 2.05) is 12.1 Å². The summed E-state index contributed by atoms with van der Waals surface area (Å²) in [6.07, 6.45) is 1.64. The molecule has 0 saturated carbocycles. The molecule has 0 amide bonds. The summed E-state index contributed by atoms with van der Waals surface area (Å²) in [5.74, 6) is 0.488. The lowest BCUT2D eigenvalue weighted by molar-refractivity contribution is 0.0395. The highest BCUT2D eigenvalue weighted by molar-refractivity contribution is 9.10. The van der Waals surface area contributed by atoms with E-state index in [0.717, 1.165) is 22.4 Å². The molecule has 1 fully saturated rings. The van der Waals surface area contributed by atoms with Gasteiger partial charge in [0.15, 0.2) is 0 Å². The van der Waals surface area contributed by atoms with Gasteiger partial charge >= 0.3 is 0 Å². The van der Waals surface area contributed by atoms with Crippen LogP contribution < -0.4 is 4.90 Å². The van der Waals surface area contributed by atoms with Crippen molar-refractivity contribution in [2.45, 2.75) is 6.10 Å². The van der Waals surface area contributed by atoms with Crippen molar-refractivity contribution >= 4 is 33.3 Å². The van der Waals surface area contributed by atoms with Crippen molar-refractivity contribution in [3.63, 3.8) is 0 Å². The summed E-state index contributed by atoms with van der Waals surface area (Å²) in [7, 11) is 0. The molecule has 1 aliphatic heterocycles. The molecule has 0 N–H and O–H groups in total. The lowest BCUT2D eigenvalue weighted by Crippen LogP contribution is -2.38. The van der Waals surface area contributed by atoms with E-state index in [9.17, 15) is 4.39 Å². The Bertz CT molecular complexity index is 638. The molecule has 3 rings (SSSR count). The van der Waals surface area contributed by atoms with Gasteiger partial charge in [-0.25, -0.2) is 9.37 Å². The first-order valence-corrected chi connectivity index (χ1v) is 7.73. The minimum Gasteiger partial charge on any atom is -0.370 e. The number of halogens is 3. The van der Waals surface area contributed by atoms with Crippen LogP contribution in [-0.2, 0) is 4.74 Å². The molecule has 2 aromatic rings. The first-order valence-electron chi connectivity index (χ1n) is 6.56. The highest BCUT2D eigenvalue weighted by Gasteiger charge is 2.23. The molecule has 0 radical (unpaired) electrons. The lowest BCUT2D eigenvalue weighted by atomic mass is 10.1. The topological polar surface area (TPSA) is 25.4 Å². The largest absolute Gasteiger partial charge is 0.370 e. The van der Waals surface area contributed by atoms with Crippen molar-refractivity contribution in [2.75, 3.05) is 24.6 Å². The number of morpholine rings is 1. The minimum atomic E-state index is -0.414. The average Bonchev–Trinajstić information content (AvgIpc) is 2.51. The predicted octanol–water partition coefficient (Wildman–Crippen LogP) is 4.21. The summed E-state index contributed by atoms with van der Waals surface area (Å²) in [5, 5.41) is 0.120. The number of pyridine rings is 1. The molecule has 2 heterocycles. The van der Waals surface area contributed by atoms with Gasteiger partial charge in [0.2, 0.25) is 0 Å². The summed E-state index contributed by atoms with van der Waals surface area (Å²) in [5.41, 5.74) is 0.878. The van der Waals surface area contributed by atoms with Gasteiger partial charge in [-0.05, 0) is 45.8 Å². The fraction of sp³-hybridized carbons (Fsp3) is 0.267. The second kappa shape index (κ2) is 6.30. The molecular formula is C15H13BrClFN2O. The number of anilines is 1. The van der Waals surface area contributed by atoms with Crippen LogP contribution in [0.1, 0.15) is 11.7 Å². The van der Waals surface area contributed by atoms with Gasteiger partial charge in [0.1, 0.15) is 17.7 Å². The molecule has 21 heavy (non-hydrogen) atoms. The summed E-state index contributed by atoms with van der Waals surface area (Å²) in [6, 6.07) is 8.63. The van der Waals surface area contributed by atoms with Gasteiger partial charge in [-0.15, -0.1) is 0 Å². The molecular weight excluding hydrogens is 359 g/mol. The van der Waals surface area contributed by atoms with E-state index in [2.05, 4.69) is 25.8 Å². The number of aromatic nitrogens is 1. The molecule has 1 aliphatic rings. The normalized spacial score (nSPS) is 18.8. The Balaban J connectivity index is 1.79. The van der Waals surface area contributed by atoms with Gasteiger partial charge in [-0.2, -0.15) is 0 Å². The fourth-order valence-electron chi connectivity index (χ4n) is 2.33. The van der Waals surface area contributed by atoms with E-state index in [-0.39, 0.29) is 11.1 Å². The SMILES string of the molecule is Fc1ccc(C2CN(c3ccc(Br)cn3)CCO2)cc1Cl. The highest BCUT2D eigenvalue weighted by Crippen LogP contribution is 2.28. The van der Waals surface area contributed by atoms with Crippen molar-refractivity contribution in [1.29, 1.82) is 0 Å². The Labute approximate surface area is 135 Å². The van der Waals surface area contributed by atoms with Crippen LogP contribution in [-0.4, -0.2) is 24.7 Å². The van der Waals surface area contributed by atoms with Gasteiger partial charge in [-0.1, -0.05) is 17.7 Å². The maximum absolute atomic E-state index is 13.2. The van der Waals surface area contributed by atoms with E-state index in [4.69, 9.17) is 16.3 Å². The van der Waals surface area contributed by atoms with Crippen LogP contribution in [0.4, 0.5) is 10.2 Å². The van der Waals surface area contributed by atoms with Crippen LogP contribution >= 0.6 is 27.5 Å². The number of rotatable bonds is 2. The number of benzene rings is 1. The van der Waals surface area contributed by atoms with Crippen LogP contribution in [0, 0.1) is 5.82 Å². The second-order valence-corrected chi connectivity index (χ2v) is 6.14. The maximum atomic E-state index is 13.2. The van der Waals surface area contributed by atoms with Gasteiger partial charge in [0, 0.05) is 23.8 Å². The Kier molecular flexibility index (Phi) is 4.42. The number of ether oxygens (including phenoxy) is 1. The van der Waals surface area contributed by atoms with Crippen LogP contribution in [0.3, 0.4) is 0 Å². The zero-order valence-corrected chi connectivity index (χ0v) is 13.4. The standard InChI is InChI=1S/C15H13BrClFN2O/c16-11-2-4-15(19-8-11)20-5-6-21-14(9-20)10-1-3-13(18)12(17)7-10/h1-4,7-8,14H,5-6,9H2. The molecule has 0 aliphatic carbocycles. The molecule has 1 saturated heterocycles. The number of hydrogen-bond acceptors (Lipinski definition) is 3. The average molecular weight is 372 g/mol. The monoisotopic (exact) mass is 370 g/mol. The number of hydrogen-bond donors (Lipinski definition) is 0. The Morgan fingerprint density at radius 3 is 2.90 bits per heavy atom. The third kappa shape index (κ3) is 3.36. The quantitative estimate of drug-likeness (QED) is 0.790. The Morgan fingerprint density at radius 2 is 2.19 bits per heavy atom. The molecule has 1 unspecified atom stereocenters. The lowest BCUT2D eigenvalue weighted by Gasteiger charge is -2.34. The summed E-state index contributed by atoms with van der Waals surface area (Å²) >= 11 is 9.22. The van der Waals surface area contributed by atoms with E-state index < -0.39 is 5.82 Å². The molecule has 1 atom stereocenters. The van der Waals surface area contributed by atoms with Crippen LogP contribution in [0.2, 0.25) is 5.02 Å². The molecule has 6 heteroatoms. The van der Waals surface area contributed by atoms with Crippen molar-refractivity contribution in [3.05, 3.63) is 57.4 Å². The first-order chi connectivity index (χ1) is 10.1. The zero-order chi connectivity index (χ0) is 14.8. The molecule has 0 spiro atoms. The Hall–Kier alpha value is -1.17. The minimum absolute atomic E-state index is 0.120. The van der Waals surface area contributed by atoms with Gasteiger partial charge in [0.05, 0.1) is 11.6 Å². The van der Waals surface area contributed by atoms with E-state index >= 15 is 0 Å². The fourth-order valence-corrected chi connectivity index (χ4v) is 2.75. The van der Waals surface area contributed by atoms with E-state index in [0.29, 0.717) is 13.2 Å². The number of nitrogens with zero attached hydrogens (tertiary/aromatic N) is 2. The summed E-state index contributed by atoms with van der Waals surface area (Å²) in [6.45, 7) is 2.04. The van der Waals surface area contributed by atoms with Crippen LogP contribution in [0.25, 0.3) is 0 Å². The summed E-state index contributed by atoms with van der Waals surface area (Å²) in [4.78, 5) is 6.55. The van der Waals surface area contributed by atoms with E-state index in [1.54, 1.807) is 18.3 Å². The molecule has 1 aromatic carbocycles. The van der Waals surface area contributed by atoms with Crippen molar-refractivity contribution in [2.24, 2.45) is 0 Å². The zero-order valence-electron chi connectivity index (χ0n) is 11.1. The van der Waals surface area contributed by atoms with Crippen molar-refractivity contribution in [3.8, 4) is 0 Å². The van der Waals surface area contributed by atoms with Gasteiger partial charge in [0.25, 0.3) is 0 Å². The maximum Gasteiger partial charge on any atom is 0.141 e. The highest BCUT2D eigenvalue weighted by atomic mass is 79.9. The first kappa shape index (κ1) is 14.8. The van der Waals surface area contributed by atoms with Crippen molar-refractivity contribution < 1.29 is 9.13 Å². The second-order valence-electron chi connectivity index (χ2n) is 4.81. The summed E-state index contributed by atoms with van der Waals surface area (Å²) < 4.78 is 20.0. The third-order valence-electron chi connectivity index (χ3n) is 3.42. The van der Waals surface area contributed by atoms with E-state index in [1.165, 1.54) is 6.07 Å². The van der Waals surface area contributed by atoms with Crippen LogP contribution in [0.5, 0.6) is 0 Å². The molecule has 110 valence electrons. The molecule has 1 aromatic heterocycles. The van der Waals surface area contributed by atoms with Gasteiger partial charge < -0.3 is 9.64 Å². The predicted molar refractivity (Wildman–Crippen MR) is 84.3 cm³/mol. The van der Waals surface area contributed by atoms with Crippen molar-refractivity contribution in [1.82, 2.24) is 4.98 Å². The Morgan fingerprint density at radius 1 is 1.33 bits per heavy atom.